The molecule has 0 unspecified atom stereocenters. The molecule has 2 N–H and O–H groups in total. The molecule has 1 amide bonds. The summed E-state index contributed by atoms with van der Waals surface area (Å²) < 4.78 is 4.87. The van der Waals surface area contributed by atoms with Gasteiger partial charge in [0, 0.05) is 11.8 Å². The zero-order valence-electron chi connectivity index (χ0n) is 11.1. The maximum absolute atomic E-state index is 11.7. The molecule has 2 aromatic rings. The van der Waals surface area contributed by atoms with Gasteiger partial charge in [0.2, 0.25) is 5.91 Å². The van der Waals surface area contributed by atoms with E-state index in [0.29, 0.717) is 11.6 Å². The SMILES string of the molecule is CCc1ccc(NCC(=O)Nc2cc(C)on2)cc1. The van der Waals surface area contributed by atoms with Crippen LogP contribution in [0, 0.1) is 6.92 Å². The van der Waals surface area contributed by atoms with E-state index in [1.54, 1.807) is 13.0 Å². The lowest BCUT2D eigenvalue weighted by Crippen LogP contribution is -2.21. The molecule has 0 radical (unpaired) electrons. The maximum atomic E-state index is 11.7. The normalized spacial score (nSPS) is 10.2. The van der Waals surface area contributed by atoms with E-state index in [2.05, 4.69) is 22.7 Å². The quantitative estimate of drug-likeness (QED) is 0.866. The minimum atomic E-state index is -0.159. The Hall–Kier alpha value is -2.30. The van der Waals surface area contributed by atoms with E-state index in [0.717, 1.165) is 12.1 Å². The first kappa shape index (κ1) is 13.1. The molecule has 0 aliphatic carbocycles. The summed E-state index contributed by atoms with van der Waals surface area (Å²) in [6, 6.07) is 9.69. The zero-order chi connectivity index (χ0) is 13.7. The third kappa shape index (κ3) is 3.84. The van der Waals surface area contributed by atoms with Crippen LogP contribution in [0.2, 0.25) is 0 Å². The number of nitrogens with zero attached hydrogens (tertiary/aromatic N) is 1. The Kier molecular flexibility index (Phi) is 4.18. The molecule has 100 valence electrons. The van der Waals surface area contributed by atoms with Crippen LogP contribution in [-0.4, -0.2) is 17.6 Å². The smallest absolute Gasteiger partial charge is 0.244 e. The number of nitrogens with one attached hydrogen (secondary N) is 2. The van der Waals surface area contributed by atoms with Crippen molar-refractivity contribution in [2.24, 2.45) is 0 Å². The maximum Gasteiger partial charge on any atom is 0.244 e. The third-order valence-corrected chi connectivity index (χ3v) is 2.71. The van der Waals surface area contributed by atoms with Crippen LogP contribution in [0.5, 0.6) is 0 Å². The lowest BCUT2D eigenvalue weighted by Gasteiger charge is -2.06. The van der Waals surface area contributed by atoms with Gasteiger partial charge in [0.05, 0.1) is 6.54 Å². The molecule has 19 heavy (non-hydrogen) atoms. The van der Waals surface area contributed by atoms with E-state index >= 15 is 0 Å². The molecule has 1 aromatic carbocycles. The van der Waals surface area contributed by atoms with Crippen molar-refractivity contribution in [3.63, 3.8) is 0 Å². The van der Waals surface area contributed by atoms with Gasteiger partial charge < -0.3 is 15.2 Å². The molecule has 5 nitrogen and oxygen atoms in total. The second kappa shape index (κ2) is 6.04. The van der Waals surface area contributed by atoms with E-state index in [1.807, 2.05) is 24.3 Å². The van der Waals surface area contributed by atoms with E-state index in [4.69, 9.17) is 4.52 Å². The molecule has 0 aliphatic heterocycles. The highest BCUT2D eigenvalue weighted by molar-refractivity contribution is 5.92. The average molecular weight is 259 g/mol. The van der Waals surface area contributed by atoms with E-state index in [-0.39, 0.29) is 12.5 Å². The number of aryl methyl sites for hydroxylation is 2. The second-order valence-electron chi connectivity index (χ2n) is 4.28. The number of anilines is 2. The molecule has 0 saturated carbocycles. The van der Waals surface area contributed by atoms with Gasteiger partial charge in [-0.2, -0.15) is 0 Å². The Morgan fingerprint density at radius 2 is 2.05 bits per heavy atom. The number of rotatable bonds is 5. The molecule has 2 rings (SSSR count). The number of carbonyl (C=O) groups excluding carboxylic acids is 1. The third-order valence-electron chi connectivity index (χ3n) is 2.71. The van der Waals surface area contributed by atoms with Crippen molar-refractivity contribution in [3.05, 3.63) is 41.7 Å². The van der Waals surface area contributed by atoms with Crippen molar-refractivity contribution < 1.29 is 9.32 Å². The zero-order valence-corrected chi connectivity index (χ0v) is 11.1. The van der Waals surface area contributed by atoms with Crippen LogP contribution >= 0.6 is 0 Å². The van der Waals surface area contributed by atoms with Gasteiger partial charge in [0.15, 0.2) is 5.82 Å². The summed E-state index contributed by atoms with van der Waals surface area (Å²) in [5, 5.41) is 9.40. The summed E-state index contributed by atoms with van der Waals surface area (Å²) in [7, 11) is 0. The Morgan fingerprint density at radius 1 is 1.32 bits per heavy atom. The molecule has 1 heterocycles. The van der Waals surface area contributed by atoms with Gasteiger partial charge >= 0.3 is 0 Å². The first-order valence-corrected chi connectivity index (χ1v) is 6.23. The highest BCUT2D eigenvalue weighted by atomic mass is 16.5. The predicted molar refractivity (Wildman–Crippen MR) is 74.2 cm³/mol. The minimum Gasteiger partial charge on any atom is -0.376 e. The first-order valence-electron chi connectivity index (χ1n) is 6.23. The van der Waals surface area contributed by atoms with E-state index in [1.165, 1.54) is 5.56 Å². The lowest BCUT2D eigenvalue weighted by molar-refractivity contribution is -0.114. The summed E-state index contributed by atoms with van der Waals surface area (Å²) in [6.45, 7) is 4.07. The highest BCUT2D eigenvalue weighted by Crippen LogP contribution is 2.10. The molecule has 5 heteroatoms. The van der Waals surface area contributed by atoms with Gasteiger partial charge in [-0.05, 0) is 31.0 Å². The van der Waals surface area contributed by atoms with Crippen molar-refractivity contribution in [1.29, 1.82) is 0 Å². The van der Waals surface area contributed by atoms with Crippen LogP contribution in [0.1, 0.15) is 18.2 Å². The number of benzene rings is 1. The van der Waals surface area contributed by atoms with Crippen molar-refractivity contribution in [2.45, 2.75) is 20.3 Å². The molecule has 0 aliphatic rings. The number of hydrogen-bond acceptors (Lipinski definition) is 4. The van der Waals surface area contributed by atoms with Crippen LogP contribution in [0.3, 0.4) is 0 Å². The Balaban J connectivity index is 1.82. The Labute approximate surface area is 112 Å². The van der Waals surface area contributed by atoms with Gasteiger partial charge in [-0.25, -0.2) is 0 Å². The Morgan fingerprint density at radius 3 is 2.63 bits per heavy atom. The number of hydrogen-bond donors (Lipinski definition) is 2. The largest absolute Gasteiger partial charge is 0.376 e. The predicted octanol–water partition coefficient (Wildman–Crippen LogP) is 2.60. The summed E-state index contributed by atoms with van der Waals surface area (Å²) in [5.41, 5.74) is 2.19. The molecule has 0 atom stereocenters. The Bertz CT molecular complexity index is 546. The number of amides is 1. The van der Waals surface area contributed by atoms with Crippen molar-refractivity contribution in [2.75, 3.05) is 17.2 Å². The topological polar surface area (TPSA) is 67.2 Å². The summed E-state index contributed by atoms with van der Waals surface area (Å²) in [6.07, 6.45) is 1.01. The van der Waals surface area contributed by atoms with Gasteiger partial charge in [-0.1, -0.05) is 24.2 Å². The van der Waals surface area contributed by atoms with Crippen LogP contribution in [-0.2, 0) is 11.2 Å². The van der Waals surface area contributed by atoms with Crippen LogP contribution in [0.4, 0.5) is 11.5 Å². The van der Waals surface area contributed by atoms with Crippen molar-refractivity contribution in [1.82, 2.24) is 5.16 Å². The monoisotopic (exact) mass is 259 g/mol. The highest BCUT2D eigenvalue weighted by Gasteiger charge is 2.05. The first-order chi connectivity index (χ1) is 9.17. The molecule has 0 bridgehead atoms. The second-order valence-corrected chi connectivity index (χ2v) is 4.28. The standard InChI is InChI=1S/C14H17N3O2/c1-3-11-4-6-12(7-5-11)15-9-14(18)16-13-8-10(2)19-17-13/h4-8,15H,3,9H2,1-2H3,(H,16,17,18). The van der Waals surface area contributed by atoms with E-state index in [9.17, 15) is 4.79 Å². The molecular formula is C14H17N3O2. The van der Waals surface area contributed by atoms with Crippen molar-refractivity contribution in [3.8, 4) is 0 Å². The van der Waals surface area contributed by atoms with Gasteiger partial charge in [-0.15, -0.1) is 0 Å². The molecule has 0 saturated heterocycles. The fourth-order valence-electron chi connectivity index (χ4n) is 1.65. The lowest BCUT2D eigenvalue weighted by atomic mass is 10.1. The fourth-order valence-corrected chi connectivity index (χ4v) is 1.65. The van der Waals surface area contributed by atoms with Crippen LogP contribution in [0.25, 0.3) is 0 Å². The van der Waals surface area contributed by atoms with Gasteiger partial charge in [0.25, 0.3) is 0 Å². The summed E-state index contributed by atoms with van der Waals surface area (Å²) in [4.78, 5) is 11.7. The molecule has 0 fully saturated rings. The summed E-state index contributed by atoms with van der Waals surface area (Å²) >= 11 is 0. The van der Waals surface area contributed by atoms with E-state index < -0.39 is 0 Å². The number of aromatic nitrogens is 1. The minimum absolute atomic E-state index is 0.159. The number of carbonyl (C=O) groups is 1. The van der Waals surface area contributed by atoms with Gasteiger partial charge in [-0.3, -0.25) is 4.79 Å². The van der Waals surface area contributed by atoms with Crippen LogP contribution < -0.4 is 10.6 Å². The molecule has 1 aromatic heterocycles. The van der Waals surface area contributed by atoms with Crippen molar-refractivity contribution >= 4 is 17.4 Å². The molecular weight excluding hydrogens is 242 g/mol. The fraction of sp³-hybridized carbons (Fsp3) is 0.286. The average Bonchev–Trinajstić information content (AvgIpc) is 2.82. The van der Waals surface area contributed by atoms with Crippen LogP contribution in [0.15, 0.2) is 34.9 Å². The van der Waals surface area contributed by atoms with Gasteiger partial charge in [0.1, 0.15) is 5.76 Å². The summed E-state index contributed by atoms with van der Waals surface area (Å²) in [5.74, 6) is 0.942. The molecule has 0 spiro atoms.